The van der Waals surface area contributed by atoms with Crippen molar-refractivity contribution in [2.75, 3.05) is 7.05 Å². The first kappa shape index (κ1) is 9.47. The molecule has 0 radical (unpaired) electrons. The number of benzene rings is 1. The fourth-order valence-electron chi connectivity index (χ4n) is 1.47. The number of hydrogen-bond donors (Lipinski definition) is 3. The van der Waals surface area contributed by atoms with Crippen molar-refractivity contribution in [1.82, 2.24) is 10.4 Å². The summed E-state index contributed by atoms with van der Waals surface area (Å²) in [7, 11) is 1.43. The van der Waals surface area contributed by atoms with Crippen LogP contribution in [0.25, 0.3) is 0 Å². The maximum Gasteiger partial charge on any atom is 0.276 e. The Morgan fingerprint density at radius 3 is 1.80 bits per heavy atom. The highest BCUT2D eigenvalue weighted by atomic mass is 16.3. The SMILES string of the molecule is CNN1C(=O)c2cc(O)c(O)cc2C1=O. The van der Waals surface area contributed by atoms with Crippen LogP contribution in [0.5, 0.6) is 11.5 Å². The standard InChI is InChI=1S/C9H8N2O4/c1-10-11-8(14)4-2-6(12)7(13)3-5(4)9(11)15/h2-3,10,12-13H,1H3. The van der Waals surface area contributed by atoms with Gasteiger partial charge in [-0.1, -0.05) is 0 Å². The summed E-state index contributed by atoms with van der Waals surface area (Å²) in [5.74, 6) is -1.94. The fraction of sp³-hybridized carbons (Fsp3) is 0.111. The molecule has 3 N–H and O–H groups in total. The van der Waals surface area contributed by atoms with Gasteiger partial charge in [-0.3, -0.25) is 9.59 Å². The fourth-order valence-corrected chi connectivity index (χ4v) is 1.47. The van der Waals surface area contributed by atoms with Crippen molar-refractivity contribution in [1.29, 1.82) is 0 Å². The number of hydrazine groups is 1. The molecule has 1 aromatic carbocycles. The van der Waals surface area contributed by atoms with Crippen molar-refractivity contribution in [3.05, 3.63) is 23.3 Å². The van der Waals surface area contributed by atoms with Crippen LogP contribution in [-0.2, 0) is 0 Å². The summed E-state index contributed by atoms with van der Waals surface area (Å²) in [5.41, 5.74) is 2.57. The number of phenols is 2. The van der Waals surface area contributed by atoms with Crippen LogP contribution in [0.3, 0.4) is 0 Å². The van der Waals surface area contributed by atoms with Gasteiger partial charge in [0.05, 0.1) is 11.1 Å². The maximum atomic E-state index is 11.6. The van der Waals surface area contributed by atoms with E-state index in [1.165, 1.54) is 7.05 Å². The molecule has 1 aliphatic rings. The maximum absolute atomic E-state index is 11.6. The molecule has 0 saturated heterocycles. The van der Waals surface area contributed by atoms with Crippen molar-refractivity contribution >= 4 is 11.8 Å². The molecule has 0 aromatic heterocycles. The Balaban J connectivity index is 2.63. The van der Waals surface area contributed by atoms with Crippen LogP contribution in [0, 0.1) is 0 Å². The second kappa shape index (κ2) is 2.96. The van der Waals surface area contributed by atoms with E-state index in [1.807, 2.05) is 0 Å². The molecule has 1 aromatic rings. The van der Waals surface area contributed by atoms with Crippen LogP contribution in [0.2, 0.25) is 0 Å². The molecule has 0 aliphatic carbocycles. The van der Waals surface area contributed by atoms with E-state index in [1.54, 1.807) is 0 Å². The van der Waals surface area contributed by atoms with E-state index in [2.05, 4.69) is 5.43 Å². The number of phenolic OH excluding ortho intramolecular Hbond substituents is 2. The highest BCUT2D eigenvalue weighted by Gasteiger charge is 2.36. The molecule has 0 bridgehead atoms. The Morgan fingerprint density at radius 2 is 1.47 bits per heavy atom. The molecule has 2 amide bonds. The number of nitrogens with one attached hydrogen (secondary N) is 1. The van der Waals surface area contributed by atoms with Crippen LogP contribution in [0.15, 0.2) is 12.1 Å². The van der Waals surface area contributed by atoms with Gasteiger partial charge >= 0.3 is 0 Å². The molecular formula is C9H8N2O4. The van der Waals surface area contributed by atoms with E-state index in [4.69, 9.17) is 0 Å². The molecule has 2 rings (SSSR count). The van der Waals surface area contributed by atoms with Gasteiger partial charge in [0, 0.05) is 7.05 Å². The van der Waals surface area contributed by atoms with Crippen molar-refractivity contribution in [3.63, 3.8) is 0 Å². The predicted octanol–water partition coefficient (Wildman–Crippen LogP) is -0.172. The number of aromatic hydroxyl groups is 2. The van der Waals surface area contributed by atoms with Crippen LogP contribution in [0.1, 0.15) is 20.7 Å². The third kappa shape index (κ3) is 1.15. The monoisotopic (exact) mass is 208 g/mol. The summed E-state index contributed by atoms with van der Waals surface area (Å²) < 4.78 is 0. The minimum Gasteiger partial charge on any atom is -0.504 e. The number of nitrogens with zero attached hydrogens (tertiary/aromatic N) is 1. The van der Waals surface area contributed by atoms with E-state index in [9.17, 15) is 19.8 Å². The van der Waals surface area contributed by atoms with Gasteiger partial charge in [0.15, 0.2) is 11.5 Å². The van der Waals surface area contributed by atoms with Crippen LogP contribution < -0.4 is 5.43 Å². The first-order chi connectivity index (χ1) is 7.06. The lowest BCUT2D eigenvalue weighted by Crippen LogP contribution is -2.39. The minimum atomic E-state index is -0.548. The van der Waals surface area contributed by atoms with E-state index in [-0.39, 0.29) is 11.1 Å². The Kier molecular flexibility index (Phi) is 1.87. The lowest BCUT2D eigenvalue weighted by Gasteiger charge is -2.09. The van der Waals surface area contributed by atoms with Crippen molar-refractivity contribution in [3.8, 4) is 11.5 Å². The molecule has 15 heavy (non-hydrogen) atoms. The number of carbonyl (C=O) groups is 2. The summed E-state index contributed by atoms with van der Waals surface area (Å²) in [6.45, 7) is 0. The Labute approximate surface area is 84.7 Å². The zero-order chi connectivity index (χ0) is 11.2. The second-order valence-electron chi connectivity index (χ2n) is 3.06. The normalized spacial score (nSPS) is 14.6. The molecular weight excluding hydrogens is 200 g/mol. The van der Waals surface area contributed by atoms with Gasteiger partial charge < -0.3 is 10.2 Å². The molecule has 0 atom stereocenters. The average Bonchev–Trinajstić information content (AvgIpc) is 2.42. The molecule has 1 heterocycles. The summed E-state index contributed by atoms with van der Waals surface area (Å²) in [4.78, 5) is 23.1. The van der Waals surface area contributed by atoms with Crippen LogP contribution in [0.4, 0.5) is 0 Å². The van der Waals surface area contributed by atoms with Gasteiger partial charge in [0.25, 0.3) is 11.8 Å². The van der Waals surface area contributed by atoms with Gasteiger partial charge in [-0.05, 0) is 12.1 Å². The molecule has 6 nitrogen and oxygen atoms in total. The van der Waals surface area contributed by atoms with Crippen LogP contribution >= 0.6 is 0 Å². The molecule has 0 spiro atoms. The highest BCUT2D eigenvalue weighted by molar-refractivity contribution is 6.21. The van der Waals surface area contributed by atoms with Gasteiger partial charge in [0.1, 0.15) is 0 Å². The third-order valence-electron chi connectivity index (χ3n) is 2.21. The number of imide groups is 1. The lowest BCUT2D eigenvalue weighted by atomic mass is 10.1. The number of amides is 2. The van der Waals surface area contributed by atoms with Gasteiger partial charge in [0.2, 0.25) is 0 Å². The lowest BCUT2D eigenvalue weighted by molar-refractivity contribution is 0.0586. The number of carbonyl (C=O) groups excluding carboxylic acids is 2. The minimum absolute atomic E-state index is 0.0738. The topological polar surface area (TPSA) is 89.9 Å². The highest BCUT2D eigenvalue weighted by Crippen LogP contribution is 2.32. The first-order valence-corrected chi connectivity index (χ1v) is 4.18. The Bertz CT molecular complexity index is 428. The zero-order valence-corrected chi connectivity index (χ0v) is 7.81. The zero-order valence-electron chi connectivity index (χ0n) is 7.81. The van der Waals surface area contributed by atoms with Crippen molar-refractivity contribution in [2.24, 2.45) is 0 Å². The predicted molar refractivity (Wildman–Crippen MR) is 49.3 cm³/mol. The molecule has 0 unspecified atom stereocenters. The van der Waals surface area contributed by atoms with Gasteiger partial charge in [-0.15, -0.1) is 0 Å². The van der Waals surface area contributed by atoms with Crippen molar-refractivity contribution in [2.45, 2.75) is 0 Å². The molecule has 1 aliphatic heterocycles. The van der Waals surface area contributed by atoms with Crippen LogP contribution in [-0.4, -0.2) is 34.1 Å². The summed E-state index contributed by atoms with van der Waals surface area (Å²) in [6.07, 6.45) is 0. The molecule has 78 valence electrons. The number of hydrogen-bond acceptors (Lipinski definition) is 5. The largest absolute Gasteiger partial charge is 0.504 e. The molecule has 0 saturated carbocycles. The van der Waals surface area contributed by atoms with E-state index in [0.29, 0.717) is 0 Å². The molecule has 6 heteroatoms. The van der Waals surface area contributed by atoms with E-state index >= 15 is 0 Å². The van der Waals surface area contributed by atoms with Crippen molar-refractivity contribution < 1.29 is 19.8 Å². The van der Waals surface area contributed by atoms with E-state index < -0.39 is 23.3 Å². The Morgan fingerprint density at radius 1 is 1.07 bits per heavy atom. The first-order valence-electron chi connectivity index (χ1n) is 4.18. The third-order valence-corrected chi connectivity index (χ3v) is 2.21. The quantitative estimate of drug-likeness (QED) is 0.440. The number of fused-ring (bicyclic) bond motifs is 1. The van der Waals surface area contributed by atoms with E-state index in [0.717, 1.165) is 17.1 Å². The summed E-state index contributed by atoms with van der Waals surface area (Å²) >= 11 is 0. The summed E-state index contributed by atoms with van der Waals surface area (Å²) in [5, 5.41) is 19.2. The van der Waals surface area contributed by atoms with Gasteiger partial charge in [-0.25, -0.2) is 10.4 Å². The average molecular weight is 208 g/mol. The molecule has 0 fully saturated rings. The van der Waals surface area contributed by atoms with Gasteiger partial charge in [-0.2, -0.15) is 0 Å². The Hall–Kier alpha value is -2.08. The number of rotatable bonds is 1. The second-order valence-corrected chi connectivity index (χ2v) is 3.06. The summed E-state index contributed by atoms with van der Waals surface area (Å²) in [6, 6.07) is 2.14. The smallest absolute Gasteiger partial charge is 0.276 e.